The molecule has 10 heavy (non-hydrogen) atoms. The predicted molar refractivity (Wildman–Crippen MR) is 38.5 cm³/mol. The quantitative estimate of drug-likeness (QED) is 0.532. The number of nitrogens with one attached hydrogen (secondary N) is 2. The van der Waals surface area contributed by atoms with Crippen molar-refractivity contribution in [2.24, 2.45) is 4.99 Å². The molecule has 0 saturated heterocycles. The molecule has 1 amide bonds. The predicted octanol–water partition coefficient (Wildman–Crippen LogP) is -0.182. The fourth-order valence-electron chi connectivity index (χ4n) is 0.743. The molecule has 0 aliphatic carbocycles. The lowest BCUT2D eigenvalue weighted by Gasteiger charge is -2.18. The first-order chi connectivity index (χ1) is 4.74. The highest BCUT2D eigenvalue weighted by Crippen LogP contribution is 1.95. The fraction of sp³-hybridized carbons (Fsp3) is 0.667. The molecule has 1 aliphatic rings. The van der Waals surface area contributed by atoms with Crippen molar-refractivity contribution < 1.29 is 4.79 Å². The van der Waals surface area contributed by atoms with E-state index in [-0.39, 0.29) is 11.9 Å². The number of nitrogens with zero attached hydrogens (tertiary/aromatic N) is 1. The molecule has 56 valence electrons. The number of carbonyl (C=O) groups is 1. The van der Waals surface area contributed by atoms with Gasteiger partial charge in [-0.3, -0.25) is 20.6 Å². The molecule has 0 spiro atoms. The maximum atomic E-state index is 10.8. The van der Waals surface area contributed by atoms with Gasteiger partial charge in [0.1, 0.15) is 11.9 Å². The Labute approximate surface area is 59.7 Å². The summed E-state index contributed by atoms with van der Waals surface area (Å²) in [4.78, 5) is 14.9. The molecular weight excluding hydrogens is 130 g/mol. The summed E-state index contributed by atoms with van der Waals surface area (Å²) in [6, 6.07) is -0.240. The lowest BCUT2D eigenvalue weighted by Crippen LogP contribution is -2.50. The average molecular weight is 141 g/mol. The molecule has 4 heteroatoms. The number of rotatable bonds is 1. The normalized spacial score (nSPS) is 24.8. The van der Waals surface area contributed by atoms with Crippen LogP contribution in [0.15, 0.2) is 4.99 Å². The van der Waals surface area contributed by atoms with Crippen molar-refractivity contribution in [3.8, 4) is 0 Å². The van der Waals surface area contributed by atoms with E-state index < -0.39 is 0 Å². The standard InChI is InChI=1S/C6H11N3O/c1-3-5-7-4(2)6(10)9-8-5/h4H,3H2,1-2H3,(H,7,8)(H,9,10). The van der Waals surface area contributed by atoms with Gasteiger partial charge in [0.05, 0.1) is 0 Å². The van der Waals surface area contributed by atoms with Crippen LogP contribution in [0.3, 0.4) is 0 Å². The summed E-state index contributed by atoms with van der Waals surface area (Å²) < 4.78 is 0. The molecule has 1 atom stereocenters. The van der Waals surface area contributed by atoms with Crippen molar-refractivity contribution in [2.75, 3.05) is 0 Å². The first kappa shape index (κ1) is 7.05. The van der Waals surface area contributed by atoms with Gasteiger partial charge in [0.2, 0.25) is 0 Å². The Hall–Kier alpha value is -1.06. The lowest BCUT2D eigenvalue weighted by molar-refractivity contribution is -0.122. The zero-order chi connectivity index (χ0) is 7.56. The van der Waals surface area contributed by atoms with Crippen molar-refractivity contribution >= 4 is 11.7 Å². The van der Waals surface area contributed by atoms with Crippen molar-refractivity contribution in [3.05, 3.63) is 0 Å². The van der Waals surface area contributed by atoms with Gasteiger partial charge in [-0.15, -0.1) is 0 Å². The highest BCUT2D eigenvalue weighted by atomic mass is 16.2. The maximum absolute atomic E-state index is 10.8. The minimum Gasteiger partial charge on any atom is -0.286 e. The highest BCUT2D eigenvalue weighted by Gasteiger charge is 2.16. The van der Waals surface area contributed by atoms with E-state index in [9.17, 15) is 4.79 Å². The molecule has 1 rings (SSSR count). The molecule has 2 N–H and O–H groups in total. The maximum Gasteiger partial charge on any atom is 0.262 e. The smallest absolute Gasteiger partial charge is 0.262 e. The molecule has 0 aromatic carbocycles. The van der Waals surface area contributed by atoms with Crippen LogP contribution < -0.4 is 10.9 Å². The highest BCUT2D eigenvalue weighted by molar-refractivity contribution is 5.93. The Morgan fingerprint density at radius 3 is 2.80 bits per heavy atom. The summed E-state index contributed by atoms with van der Waals surface area (Å²) in [5, 5.41) is 0. The number of aliphatic imine (C=N–C) groups is 1. The average Bonchev–Trinajstić information content (AvgIpc) is 1.95. The van der Waals surface area contributed by atoms with E-state index in [1.165, 1.54) is 0 Å². The summed E-state index contributed by atoms with van der Waals surface area (Å²) >= 11 is 0. The van der Waals surface area contributed by atoms with Gasteiger partial charge in [-0.25, -0.2) is 0 Å². The summed E-state index contributed by atoms with van der Waals surface area (Å²) in [6.45, 7) is 3.75. The first-order valence-corrected chi connectivity index (χ1v) is 3.36. The lowest BCUT2D eigenvalue weighted by atomic mass is 10.3. The number of amides is 1. The third-order valence-corrected chi connectivity index (χ3v) is 1.39. The van der Waals surface area contributed by atoms with Crippen LogP contribution in [0.25, 0.3) is 0 Å². The number of carbonyl (C=O) groups excluding carboxylic acids is 1. The minimum atomic E-state index is -0.240. The number of hydrogen-bond donors (Lipinski definition) is 2. The molecule has 0 aromatic heterocycles. The van der Waals surface area contributed by atoms with Crippen LogP contribution in [0.1, 0.15) is 20.3 Å². The van der Waals surface area contributed by atoms with E-state index >= 15 is 0 Å². The number of hydrogen-bond acceptors (Lipinski definition) is 3. The molecule has 0 aromatic rings. The van der Waals surface area contributed by atoms with Gasteiger partial charge in [-0.05, 0) is 6.92 Å². The first-order valence-electron chi connectivity index (χ1n) is 3.36. The Kier molecular flexibility index (Phi) is 1.89. The van der Waals surface area contributed by atoms with Gasteiger partial charge in [0, 0.05) is 6.42 Å². The molecule has 0 bridgehead atoms. The van der Waals surface area contributed by atoms with Crippen molar-refractivity contribution in [2.45, 2.75) is 26.3 Å². The zero-order valence-electron chi connectivity index (χ0n) is 6.14. The van der Waals surface area contributed by atoms with E-state index in [0.717, 1.165) is 12.3 Å². The monoisotopic (exact) mass is 141 g/mol. The van der Waals surface area contributed by atoms with Gasteiger partial charge in [0.25, 0.3) is 5.91 Å². The van der Waals surface area contributed by atoms with E-state index in [0.29, 0.717) is 0 Å². The Bertz CT molecular complexity index is 176. The van der Waals surface area contributed by atoms with E-state index in [1.807, 2.05) is 6.92 Å². The van der Waals surface area contributed by atoms with Crippen molar-refractivity contribution in [1.29, 1.82) is 0 Å². The van der Waals surface area contributed by atoms with Crippen molar-refractivity contribution in [1.82, 2.24) is 10.9 Å². The van der Waals surface area contributed by atoms with E-state index in [1.54, 1.807) is 6.92 Å². The minimum absolute atomic E-state index is 0.0720. The second kappa shape index (κ2) is 2.68. The topological polar surface area (TPSA) is 53.5 Å². The SMILES string of the molecule is CCC1=NC(C)C(=O)NN1. The van der Waals surface area contributed by atoms with Crippen LogP contribution >= 0.6 is 0 Å². The van der Waals surface area contributed by atoms with Crippen LogP contribution in [-0.2, 0) is 4.79 Å². The van der Waals surface area contributed by atoms with Crippen LogP contribution in [0, 0.1) is 0 Å². The van der Waals surface area contributed by atoms with Crippen molar-refractivity contribution in [3.63, 3.8) is 0 Å². The molecule has 0 fully saturated rings. The summed E-state index contributed by atoms with van der Waals surface area (Å²) in [6.07, 6.45) is 0.824. The number of hydrazine groups is 1. The van der Waals surface area contributed by atoms with Gasteiger partial charge < -0.3 is 0 Å². The van der Waals surface area contributed by atoms with Gasteiger partial charge in [-0.1, -0.05) is 6.92 Å². The van der Waals surface area contributed by atoms with Gasteiger partial charge in [0.15, 0.2) is 0 Å². The molecule has 4 nitrogen and oxygen atoms in total. The second-order valence-corrected chi connectivity index (χ2v) is 2.22. The molecule has 1 heterocycles. The Balaban J connectivity index is 2.65. The zero-order valence-corrected chi connectivity index (χ0v) is 6.14. The second-order valence-electron chi connectivity index (χ2n) is 2.22. The van der Waals surface area contributed by atoms with Gasteiger partial charge in [-0.2, -0.15) is 0 Å². The molecule has 1 aliphatic heterocycles. The van der Waals surface area contributed by atoms with E-state index in [4.69, 9.17) is 0 Å². The fourth-order valence-corrected chi connectivity index (χ4v) is 0.743. The summed E-state index contributed by atoms with van der Waals surface area (Å²) in [5.41, 5.74) is 5.21. The summed E-state index contributed by atoms with van der Waals surface area (Å²) in [5.74, 6) is 0.768. The molecular formula is C6H11N3O. The van der Waals surface area contributed by atoms with Crippen LogP contribution in [-0.4, -0.2) is 17.8 Å². The third kappa shape index (κ3) is 1.26. The van der Waals surface area contributed by atoms with E-state index in [2.05, 4.69) is 15.8 Å². The third-order valence-electron chi connectivity index (χ3n) is 1.39. The Morgan fingerprint density at radius 1 is 1.60 bits per heavy atom. The van der Waals surface area contributed by atoms with Crippen LogP contribution in [0.4, 0.5) is 0 Å². The van der Waals surface area contributed by atoms with Crippen LogP contribution in [0.2, 0.25) is 0 Å². The molecule has 0 radical (unpaired) electrons. The van der Waals surface area contributed by atoms with Gasteiger partial charge >= 0.3 is 0 Å². The Morgan fingerprint density at radius 2 is 2.30 bits per heavy atom. The molecule has 1 unspecified atom stereocenters. The molecule has 0 saturated carbocycles. The summed E-state index contributed by atoms with van der Waals surface area (Å²) in [7, 11) is 0. The van der Waals surface area contributed by atoms with Crippen LogP contribution in [0.5, 0.6) is 0 Å². The largest absolute Gasteiger partial charge is 0.286 e. The number of amidine groups is 1.